The van der Waals surface area contributed by atoms with Gasteiger partial charge < -0.3 is 10.5 Å². The second kappa shape index (κ2) is 5.83. The zero-order valence-corrected chi connectivity index (χ0v) is 13.1. The van der Waals surface area contributed by atoms with Gasteiger partial charge in [-0.2, -0.15) is 0 Å². The van der Waals surface area contributed by atoms with Crippen LogP contribution in [0.2, 0.25) is 0 Å². The van der Waals surface area contributed by atoms with E-state index in [9.17, 15) is 13.2 Å². The van der Waals surface area contributed by atoms with E-state index < -0.39 is 20.6 Å². The summed E-state index contributed by atoms with van der Waals surface area (Å²) in [6.45, 7) is 6.96. The first-order valence-corrected chi connectivity index (χ1v) is 7.91. The van der Waals surface area contributed by atoms with Gasteiger partial charge in [0.05, 0.1) is 21.8 Å². The lowest BCUT2D eigenvalue weighted by atomic mass is 10.2. The van der Waals surface area contributed by atoms with E-state index in [0.29, 0.717) is 6.42 Å². The Bertz CT molecular complexity index is 600. The van der Waals surface area contributed by atoms with Gasteiger partial charge in [-0.25, -0.2) is 13.2 Å². The van der Waals surface area contributed by atoms with Crippen molar-refractivity contribution >= 4 is 21.5 Å². The molecule has 0 aliphatic rings. The Morgan fingerprint density at radius 2 is 1.90 bits per heavy atom. The molecule has 0 heterocycles. The molecule has 0 amide bonds. The molecular formula is C14H21NO4S. The molecule has 0 aliphatic heterocycles. The van der Waals surface area contributed by atoms with Gasteiger partial charge in [-0.05, 0) is 45.4 Å². The number of ether oxygens (including phenoxy) is 1. The van der Waals surface area contributed by atoms with Crippen LogP contribution in [0.25, 0.3) is 0 Å². The first kappa shape index (κ1) is 16.5. The summed E-state index contributed by atoms with van der Waals surface area (Å²) in [5.41, 5.74) is 6.01. The number of sulfone groups is 1. The van der Waals surface area contributed by atoms with Gasteiger partial charge >= 0.3 is 5.97 Å². The van der Waals surface area contributed by atoms with Crippen LogP contribution in [0.4, 0.5) is 5.69 Å². The van der Waals surface area contributed by atoms with Crippen LogP contribution in [0.5, 0.6) is 0 Å². The molecular weight excluding hydrogens is 278 g/mol. The van der Waals surface area contributed by atoms with Gasteiger partial charge in [-0.3, -0.25) is 0 Å². The molecule has 112 valence electrons. The maximum atomic E-state index is 12.4. The fraction of sp³-hybridized carbons (Fsp3) is 0.500. The van der Waals surface area contributed by atoms with Crippen LogP contribution in [0.1, 0.15) is 44.5 Å². The minimum Gasteiger partial charge on any atom is -0.462 e. The van der Waals surface area contributed by atoms with Crippen LogP contribution >= 0.6 is 0 Å². The van der Waals surface area contributed by atoms with E-state index >= 15 is 0 Å². The average Bonchev–Trinajstić information content (AvgIpc) is 2.34. The summed E-state index contributed by atoms with van der Waals surface area (Å²) >= 11 is 0. The quantitative estimate of drug-likeness (QED) is 0.681. The monoisotopic (exact) mass is 299 g/mol. The summed E-state index contributed by atoms with van der Waals surface area (Å²) in [5.74, 6) is -0.602. The van der Waals surface area contributed by atoms with Crippen molar-refractivity contribution in [2.24, 2.45) is 0 Å². The van der Waals surface area contributed by atoms with Gasteiger partial charge in [0.2, 0.25) is 0 Å². The summed E-state index contributed by atoms with van der Waals surface area (Å²) in [4.78, 5) is 11.9. The van der Waals surface area contributed by atoms with Gasteiger partial charge in [-0.1, -0.05) is 6.92 Å². The molecule has 0 unspecified atom stereocenters. The number of benzene rings is 1. The van der Waals surface area contributed by atoms with Crippen LogP contribution in [0.3, 0.4) is 0 Å². The molecule has 5 nitrogen and oxygen atoms in total. The first-order valence-electron chi connectivity index (χ1n) is 6.42. The highest BCUT2D eigenvalue weighted by Gasteiger charge is 2.31. The van der Waals surface area contributed by atoms with Crippen LogP contribution in [-0.4, -0.2) is 25.7 Å². The maximum Gasteiger partial charge on any atom is 0.340 e. The fourth-order valence-electron chi connectivity index (χ4n) is 1.51. The lowest BCUT2D eigenvalue weighted by Crippen LogP contribution is -2.28. The minimum atomic E-state index is -3.53. The van der Waals surface area contributed by atoms with E-state index in [1.807, 2.05) is 6.92 Å². The average molecular weight is 299 g/mol. The normalized spacial score (nSPS) is 12.2. The number of hydrogen-bond acceptors (Lipinski definition) is 5. The lowest BCUT2D eigenvalue weighted by Gasteiger charge is -2.20. The standard InChI is InChI=1S/C14H21NO4S/c1-5-8-19-13(16)11-9-10(6-7-12(11)15)20(17,18)14(2,3)4/h6-7,9H,5,8,15H2,1-4H3. The molecule has 0 radical (unpaired) electrons. The van der Waals surface area contributed by atoms with Crippen molar-refractivity contribution in [3.05, 3.63) is 23.8 Å². The molecule has 6 heteroatoms. The van der Waals surface area contributed by atoms with Gasteiger partial charge in [0.25, 0.3) is 0 Å². The topological polar surface area (TPSA) is 86.5 Å². The van der Waals surface area contributed by atoms with Crippen molar-refractivity contribution < 1.29 is 17.9 Å². The minimum absolute atomic E-state index is 0.0719. The molecule has 0 spiro atoms. The zero-order chi connectivity index (χ0) is 15.6. The number of nitrogen functional groups attached to an aromatic ring is 1. The molecule has 0 bridgehead atoms. The number of carbonyl (C=O) groups excluding carboxylic acids is 1. The van der Waals surface area contributed by atoms with E-state index in [2.05, 4.69) is 0 Å². The summed E-state index contributed by atoms with van der Waals surface area (Å²) < 4.78 is 28.8. The second-order valence-electron chi connectivity index (χ2n) is 5.50. The Hall–Kier alpha value is -1.56. The molecule has 1 aromatic carbocycles. The van der Waals surface area contributed by atoms with Gasteiger partial charge in [0.15, 0.2) is 9.84 Å². The molecule has 0 fully saturated rings. The maximum absolute atomic E-state index is 12.4. The Kier molecular flexibility index (Phi) is 4.81. The number of hydrogen-bond donors (Lipinski definition) is 1. The van der Waals surface area contributed by atoms with E-state index in [1.165, 1.54) is 18.2 Å². The Morgan fingerprint density at radius 1 is 1.30 bits per heavy atom. The Balaban J connectivity index is 3.26. The third-order valence-electron chi connectivity index (χ3n) is 2.80. The van der Waals surface area contributed by atoms with E-state index in [1.54, 1.807) is 20.8 Å². The van der Waals surface area contributed by atoms with E-state index in [4.69, 9.17) is 10.5 Å². The van der Waals surface area contributed by atoms with Crippen LogP contribution in [-0.2, 0) is 14.6 Å². The molecule has 0 aromatic heterocycles. The Morgan fingerprint density at radius 3 is 2.40 bits per heavy atom. The predicted molar refractivity (Wildman–Crippen MR) is 78.4 cm³/mol. The SMILES string of the molecule is CCCOC(=O)c1cc(S(=O)(=O)C(C)(C)C)ccc1N. The van der Waals surface area contributed by atoms with Crippen molar-refractivity contribution in [1.29, 1.82) is 0 Å². The van der Waals surface area contributed by atoms with Crippen molar-refractivity contribution in [1.82, 2.24) is 0 Å². The number of esters is 1. The van der Waals surface area contributed by atoms with Crippen molar-refractivity contribution in [3.63, 3.8) is 0 Å². The van der Waals surface area contributed by atoms with Gasteiger partial charge in [-0.15, -0.1) is 0 Å². The van der Waals surface area contributed by atoms with Crippen molar-refractivity contribution in [2.45, 2.75) is 43.8 Å². The second-order valence-corrected chi connectivity index (χ2v) is 8.20. The van der Waals surface area contributed by atoms with Crippen LogP contribution < -0.4 is 5.73 Å². The highest BCUT2D eigenvalue weighted by Crippen LogP contribution is 2.27. The highest BCUT2D eigenvalue weighted by atomic mass is 32.2. The number of anilines is 1. The molecule has 1 rings (SSSR count). The van der Waals surface area contributed by atoms with Crippen LogP contribution in [0, 0.1) is 0 Å². The van der Waals surface area contributed by atoms with Gasteiger partial charge in [0, 0.05) is 5.69 Å². The van der Waals surface area contributed by atoms with E-state index in [0.717, 1.165) is 0 Å². The summed E-state index contributed by atoms with van der Waals surface area (Å²) in [6.07, 6.45) is 0.686. The van der Waals surface area contributed by atoms with Crippen molar-refractivity contribution in [2.75, 3.05) is 12.3 Å². The third-order valence-corrected chi connectivity index (χ3v) is 5.29. The zero-order valence-electron chi connectivity index (χ0n) is 12.3. The summed E-state index contributed by atoms with van der Waals surface area (Å²) in [5, 5.41) is 0. The molecule has 2 N–H and O–H groups in total. The molecule has 0 saturated carbocycles. The van der Waals surface area contributed by atoms with Crippen molar-refractivity contribution in [3.8, 4) is 0 Å². The summed E-state index contributed by atoms with van der Waals surface area (Å²) in [7, 11) is -3.53. The van der Waals surface area contributed by atoms with Crippen LogP contribution in [0.15, 0.2) is 23.1 Å². The molecule has 0 aliphatic carbocycles. The highest BCUT2D eigenvalue weighted by molar-refractivity contribution is 7.92. The lowest BCUT2D eigenvalue weighted by molar-refractivity contribution is 0.0506. The molecule has 20 heavy (non-hydrogen) atoms. The number of rotatable bonds is 4. The Labute approximate surface area is 120 Å². The first-order chi connectivity index (χ1) is 9.11. The summed E-state index contributed by atoms with van der Waals surface area (Å²) in [6, 6.07) is 4.11. The van der Waals surface area contributed by atoms with E-state index in [-0.39, 0.29) is 22.8 Å². The molecule has 0 saturated heterocycles. The largest absolute Gasteiger partial charge is 0.462 e. The molecule has 1 aromatic rings. The number of carbonyl (C=O) groups is 1. The van der Waals surface area contributed by atoms with Gasteiger partial charge in [0.1, 0.15) is 0 Å². The third kappa shape index (κ3) is 3.30. The predicted octanol–water partition coefficient (Wildman–Crippen LogP) is 2.41. The fourth-order valence-corrected chi connectivity index (χ4v) is 2.73. The smallest absolute Gasteiger partial charge is 0.340 e. The molecule has 0 atom stereocenters. The number of nitrogens with two attached hydrogens (primary N) is 1.